The van der Waals surface area contributed by atoms with Crippen molar-refractivity contribution in [3.8, 4) is 0 Å². The highest BCUT2D eigenvalue weighted by Gasteiger charge is 2.31. The van der Waals surface area contributed by atoms with E-state index in [2.05, 4.69) is 15.3 Å². The third-order valence-corrected chi connectivity index (χ3v) is 6.01. The molecule has 1 N–H and O–H groups in total. The largest absolute Gasteiger partial charge is 0.469 e. The van der Waals surface area contributed by atoms with Crippen LogP contribution in [0.1, 0.15) is 36.1 Å². The number of hydrogen-bond donors (Lipinski definition) is 1. The van der Waals surface area contributed by atoms with Crippen LogP contribution in [0, 0.1) is 5.92 Å². The molecule has 0 unspecified atom stereocenters. The highest BCUT2D eigenvalue weighted by molar-refractivity contribution is 7.19. The number of carbonyl (C=O) groups is 1. The number of fused-ring (bicyclic) bond motifs is 3. The van der Waals surface area contributed by atoms with E-state index in [0.29, 0.717) is 6.04 Å². The summed E-state index contributed by atoms with van der Waals surface area (Å²) in [4.78, 5) is 23.1. The molecular formula is C16H19N3O2S. The van der Waals surface area contributed by atoms with E-state index in [1.807, 2.05) is 0 Å². The van der Waals surface area contributed by atoms with Gasteiger partial charge >= 0.3 is 5.97 Å². The molecule has 22 heavy (non-hydrogen) atoms. The first-order valence-electron chi connectivity index (χ1n) is 7.86. The van der Waals surface area contributed by atoms with Crippen LogP contribution in [0.2, 0.25) is 0 Å². The van der Waals surface area contributed by atoms with Gasteiger partial charge in [-0.3, -0.25) is 4.79 Å². The molecular weight excluding hydrogens is 298 g/mol. The highest BCUT2D eigenvalue weighted by atomic mass is 32.1. The number of aromatic nitrogens is 2. The van der Waals surface area contributed by atoms with Crippen LogP contribution in [0.15, 0.2) is 6.33 Å². The van der Waals surface area contributed by atoms with Crippen molar-refractivity contribution >= 4 is 33.3 Å². The van der Waals surface area contributed by atoms with E-state index in [1.165, 1.54) is 35.8 Å². The quantitative estimate of drug-likeness (QED) is 0.882. The van der Waals surface area contributed by atoms with Crippen molar-refractivity contribution in [2.45, 2.75) is 44.6 Å². The van der Waals surface area contributed by atoms with Crippen LogP contribution in [0.25, 0.3) is 10.2 Å². The third kappa shape index (κ3) is 2.26. The standard InChI is InChI=1S/C16H19N3O2S/c1-21-16(20)9-5-6-10(7-9)19-14-13-11-3-2-4-12(11)22-15(13)18-8-17-14/h8-10H,2-7H2,1H3,(H,17,18,19)/t9-,10+/m0/s1. The van der Waals surface area contributed by atoms with Gasteiger partial charge in [-0.05, 0) is 44.1 Å². The van der Waals surface area contributed by atoms with Crippen LogP contribution in [0.3, 0.4) is 0 Å². The van der Waals surface area contributed by atoms with Crippen LogP contribution >= 0.6 is 11.3 Å². The van der Waals surface area contributed by atoms with Crippen molar-refractivity contribution in [3.05, 3.63) is 16.8 Å². The second-order valence-electron chi connectivity index (χ2n) is 6.13. The van der Waals surface area contributed by atoms with Gasteiger partial charge in [0.05, 0.1) is 18.4 Å². The Hall–Kier alpha value is -1.69. The summed E-state index contributed by atoms with van der Waals surface area (Å²) in [6.45, 7) is 0. The molecule has 0 aromatic carbocycles. The summed E-state index contributed by atoms with van der Waals surface area (Å²) in [5.74, 6) is 0.876. The molecule has 0 radical (unpaired) electrons. The van der Waals surface area contributed by atoms with Crippen LogP contribution in [0.4, 0.5) is 5.82 Å². The van der Waals surface area contributed by atoms with E-state index < -0.39 is 0 Å². The molecule has 1 saturated carbocycles. The van der Waals surface area contributed by atoms with Gasteiger partial charge in [-0.15, -0.1) is 11.3 Å². The van der Waals surface area contributed by atoms with Gasteiger partial charge in [0, 0.05) is 10.9 Å². The van der Waals surface area contributed by atoms with Crippen molar-refractivity contribution in [1.29, 1.82) is 0 Å². The molecule has 2 aliphatic rings. The van der Waals surface area contributed by atoms with Gasteiger partial charge in [0.1, 0.15) is 17.0 Å². The van der Waals surface area contributed by atoms with E-state index >= 15 is 0 Å². The smallest absolute Gasteiger partial charge is 0.308 e. The molecule has 2 atom stereocenters. The summed E-state index contributed by atoms with van der Waals surface area (Å²) in [5.41, 5.74) is 1.44. The maximum Gasteiger partial charge on any atom is 0.308 e. The van der Waals surface area contributed by atoms with Gasteiger partial charge in [0.25, 0.3) is 0 Å². The number of esters is 1. The second-order valence-corrected chi connectivity index (χ2v) is 7.22. The first kappa shape index (κ1) is 13.9. The minimum absolute atomic E-state index is 0.0213. The topological polar surface area (TPSA) is 64.1 Å². The van der Waals surface area contributed by atoms with Gasteiger partial charge in [-0.25, -0.2) is 9.97 Å². The van der Waals surface area contributed by atoms with Gasteiger partial charge in [-0.2, -0.15) is 0 Å². The molecule has 2 aromatic rings. The Morgan fingerprint density at radius 2 is 2.27 bits per heavy atom. The fourth-order valence-corrected chi connectivity index (χ4v) is 4.95. The Morgan fingerprint density at radius 1 is 1.36 bits per heavy atom. The molecule has 0 bridgehead atoms. The van der Waals surface area contributed by atoms with E-state index in [-0.39, 0.29) is 11.9 Å². The Morgan fingerprint density at radius 3 is 3.14 bits per heavy atom. The molecule has 1 fully saturated rings. The van der Waals surface area contributed by atoms with Crippen molar-refractivity contribution in [1.82, 2.24) is 9.97 Å². The summed E-state index contributed by atoms with van der Waals surface area (Å²) in [7, 11) is 1.46. The molecule has 5 nitrogen and oxygen atoms in total. The number of rotatable bonds is 3. The maximum absolute atomic E-state index is 11.7. The minimum Gasteiger partial charge on any atom is -0.469 e. The summed E-state index contributed by atoms with van der Waals surface area (Å²) >= 11 is 1.80. The van der Waals surface area contributed by atoms with Gasteiger partial charge in [-0.1, -0.05) is 0 Å². The monoisotopic (exact) mass is 317 g/mol. The second kappa shape index (κ2) is 5.50. The predicted molar refractivity (Wildman–Crippen MR) is 86.2 cm³/mol. The zero-order valence-electron chi connectivity index (χ0n) is 12.6. The molecule has 4 rings (SSSR count). The molecule has 0 spiro atoms. The summed E-state index contributed by atoms with van der Waals surface area (Å²) in [6, 6.07) is 0.291. The number of hydrogen-bond acceptors (Lipinski definition) is 6. The van der Waals surface area contributed by atoms with Crippen molar-refractivity contribution in [3.63, 3.8) is 0 Å². The average molecular weight is 317 g/mol. The molecule has 0 saturated heterocycles. The van der Waals surface area contributed by atoms with E-state index in [1.54, 1.807) is 17.7 Å². The lowest BCUT2D eigenvalue weighted by Gasteiger charge is -2.14. The number of methoxy groups -OCH3 is 1. The first-order valence-corrected chi connectivity index (χ1v) is 8.67. The van der Waals surface area contributed by atoms with Gasteiger partial charge in [0.2, 0.25) is 0 Å². The Kier molecular flexibility index (Phi) is 3.48. The number of aryl methyl sites for hydroxylation is 2. The zero-order chi connectivity index (χ0) is 15.1. The lowest BCUT2D eigenvalue weighted by molar-refractivity contribution is -0.145. The van der Waals surface area contributed by atoms with Gasteiger partial charge in [0.15, 0.2) is 0 Å². The van der Waals surface area contributed by atoms with Crippen LogP contribution < -0.4 is 5.32 Å². The molecule has 2 aliphatic carbocycles. The Labute approximate surface area is 133 Å². The third-order valence-electron chi connectivity index (χ3n) is 4.81. The number of nitrogens with zero attached hydrogens (tertiary/aromatic N) is 2. The fraction of sp³-hybridized carbons (Fsp3) is 0.562. The van der Waals surface area contributed by atoms with Crippen LogP contribution in [0.5, 0.6) is 0 Å². The molecule has 116 valence electrons. The van der Waals surface area contributed by atoms with Crippen molar-refractivity contribution in [2.75, 3.05) is 12.4 Å². The maximum atomic E-state index is 11.7. The molecule has 0 amide bonds. The molecule has 2 heterocycles. The lowest BCUT2D eigenvalue weighted by Crippen LogP contribution is -2.19. The number of carbonyl (C=O) groups excluding carboxylic acids is 1. The SMILES string of the molecule is COC(=O)[C@H]1CC[C@@H](Nc2ncnc3sc4c(c23)CCC4)C1. The zero-order valence-corrected chi connectivity index (χ0v) is 13.4. The Balaban J connectivity index is 1.59. The van der Waals surface area contributed by atoms with Crippen molar-refractivity contribution in [2.24, 2.45) is 5.92 Å². The van der Waals surface area contributed by atoms with Gasteiger partial charge < -0.3 is 10.1 Å². The minimum atomic E-state index is -0.0893. The summed E-state index contributed by atoms with van der Waals surface area (Å²) < 4.78 is 4.86. The van der Waals surface area contributed by atoms with Crippen LogP contribution in [-0.4, -0.2) is 29.1 Å². The summed E-state index contributed by atoms with van der Waals surface area (Å²) in [6.07, 6.45) is 7.88. The molecule has 2 aromatic heterocycles. The molecule has 6 heteroatoms. The lowest BCUT2D eigenvalue weighted by atomic mass is 10.1. The van der Waals surface area contributed by atoms with Crippen LogP contribution in [-0.2, 0) is 22.4 Å². The Bertz CT molecular complexity index is 727. The number of anilines is 1. The average Bonchev–Trinajstić information content (AvgIpc) is 3.21. The normalized spacial score (nSPS) is 23.7. The first-order chi connectivity index (χ1) is 10.8. The number of thiophene rings is 1. The molecule has 0 aliphatic heterocycles. The summed E-state index contributed by atoms with van der Waals surface area (Å²) in [5, 5.41) is 4.77. The fourth-order valence-electron chi connectivity index (χ4n) is 3.72. The highest BCUT2D eigenvalue weighted by Crippen LogP contribution is 2.40. The van der Waals surface area contributed by atoms with E-state index in [4.69, 9.17) is 4.74 Å². The van der Waals surface area contributed by atoms with E-state index in [9.17, 15) is 4.79 Å². The van der Waals surface area contributed by atoms with E-state index in [0.717, 1.165) is 36.3 Å². The number of nitrogens with one attached hydrogen (secondary N) is 1. The number of ether oxygens (including phenoxy) is 1. The predicted octanol–water partition coefficient (Wildman–Crippen LogP) is 2.93. The van der Waals surface area contributed by atoms with Crippen molar-refractivity contribution < 1.29 is 9.53 Å².